The van der Waals surface area contributed by atoms with Crippen molar-refractivity contribution in [2.45, 2.75) is 12.7 Å². The van der Waals surface area contributed by atoms with Gasteiger partial charge in [-0.3, -0.25) is 4.84 Å². The van der Waals surface area contributed by atoms with E-state index in [9.17, 15) is 13.2 Å². The first-order valence-electron chi connectivity index (χ1n) is 5.19. The first kappa shape index (κ1) is 16.1. The molecule has 0 unspecified atom stereocenters. The van der Waals surface area contributed by atoms with E-state index in [2.05, 4.69) is 26.2 Å². The third-order valence-electron chi connectivity index (χ3n) is 2.15. The van der Waals surface area contributed by atoms with Crippen molar-refractivity contribution >= 4 is 15.9 Å². The molecule has 0 spiro atoms. The molecule has 0 saturated carbocycles. The third kappa shape index (κ3) is 5.25. The van der Waals surface area contributed by atoms with Crippen molar-refractivity contribution in [3.05, 3.63) is 22.2 Å². The van der Waals surface area contributed by atoms with Crippen molar-refractivity contribution in [2.24, 2.45) is 0 Å². The summed E-state index contributed by atoms with van der Waals surface area (Å²) in [7, 11) is 2.97. The molecule has 0 heterocycles. The molecule has 4 nitrogen and oxygen atoms in total. The minimum Gasteiger partial charge on any atom is -0.493 e. The second-order valence-electron chi connectivity index (χ2n) is 3.52. The second kappa shape index (κ2) is 6.97. The van der Waals surface area contributed by atoms with Gasteiger partial charge in [-0.05, 0) is 17.7 Å². The molecule has 1 aromatic rings. The molecule has 0 amide bonds. The van der Waals surface area contributed by atoms with Crippen LogP contribution < -0.4 is 15.0 Å². The molecule has 0 radical (unpaired) electrons. The van der Waals surface area contributed by atoms with Gasteiger partial charge in [-0.1, -0.05) is 15.9 Å². The summed E-state index contributed by atoms with van der Waals surface area (Å²) in [6, 6.07) is 3.31. The maximum absolute atomic E-state index is 11.9. The third-order valence-corrected chi connectivity index (χ3v) is 2.89. The van der Waals surface area contributed by atoms with Crippen LogP contribution in [0.4, 0.5) is 13.2 Å². The van der Waals surface area contributed by atoms with Gasteiger partial charge in [0.2, 0.25) is 0 Å². The Morgan fingerprint density at radius 2 is 1.74 bits per heavy atom. The van der Waals surface area contributed by atoms with E-state index in [0.29, 0.717) is 21.5 Å². The molecular formula is C11H13BrF3NO3. The van der Waals surface area contributed by atoms with Gasteiger partial charge in [0.05, 0.1) is 14.2 Å². The zero-order chi connectivity index (χ0) is 14.5. The average molecular weight is 344 g/mol. The van der Waals surface area contributed by atoms with E-state index in [4.69, 9.17) is 9.47 Å². The van der Waals surface area contributed by atoms with E-state index in [1.165, 1.54) is 14.2 Å². The van der Waals surface area contributed by atoms with Gasteiger partial charge in [-0.25, -0.2) is 0 Å². The molecule has 0 bridgehead atoms. The van der Waals surface area contributed by atoms with E-state index >= 15 is 0 Å². The highest BCUT2D eigenvalue weighted by Gasteiger charge is 2.27. The summed E-state index contributed by atoms with van der Waals surface area (Å²) in [5.74, 6) is 1.01. The molecule has 108 valence electrons. The Kier molecular flexibility index (Phi) is 5.89. The zero-order valence-electron chi connectivity index (χ0n) is 10.3. The summed E-state index contributed by atoms with van der Waals surface area (Å²) in [6.45, 7) is -1.26. The lowest BCUT2D eigenvalue weighted by molar-refractivity contribution is -0.190. The smallest absolute Gasteiger partial charge is 0.413 e. The van der Waals surface area contributed by atoms with Gasteiger partial charge in [-0.2, -0.15) is 18.7 Å². The lowest BCUT2D eigenvalue weighted by Gasteiger charge is -2.13. The van der Waals surface area contributed by atoms with Crippen LogP contribution in [0.2, 0.25) is 0 Å². The molecule has 1 aromatic carbocycles. The van der Waals surface area contributed by atoms with Gasteiger partial charge in [0, 0.05) is 11.0 Å². The van der Waals surface area contributed by atoms with Gasteiger partial charge in [0.25, 0.3) is 0 Å². The Hall–Kier alpha value is -0.990. The van der Waals surface area contributed by atoms with Crippen LogP contribution in [0, 0.1) is 0 Å². The van der Waals surface area contributed by atoms with Crippen molar-refractivity contribution in [2.75, 3.05) is 20.8 Å². The molecule has 0 aliphatic rings. The highest BCUT2D eigenvalue weighted by molar-refractivity contribution is 9.10. The first-order chi connectivity index (χ1) is 8.87. The number of alkyl halides is 3. The molecule has 1 rings (SSSR count). The second-order valence-corrected chi connectivity index (χ2v) is 4.38. The summed E-state index contributed by atoms with van der Waals surface area (Å²) in [5.41, 5.74) is 2.92. The Labute approximate surface area is 116 Å². The topological polar surface area (TPSA) is 39.7 Å². The minimum absolute atomic E-state index is 0.0943. The normalized spacial score (nSPS) is 11.5. The summed E-state index contributed by atoms with van der Waals surface area (Å²) in [6.07, 6.45) is -4.36. The van der Waals surface area contributed by atoms with E-state index in [1.807, 2.05) is 0 Å². The molecule has 0 atom stereocenters. The highest BCUT2D eigenvalue weighted by Crippen LogP contribution is 2.33. The Balaban J connectivity index is 2.63. The molecule has 19 heavy (non-hydrogen) atoms. The van der Waals surface area contributed by atoms with Crippen LogP contribution in [0.1, 0.15) is 5.56 Å². The molecule has 0 fully saturated rings. The molecule has 8 heteroatoms. The minimum atomic E-state index is -4.36. The highest BCUT2D eigenvalue weighted by atomic mass is 79.9. The number of nitrogens with one attached hydrogen (secondary N) is 1. The maximum atomic E-state index is 11.9. The number of hydrogen-bond acceptors (Lipinski definition) is 4. The van der Waals surface area contributed by atoms with Gasteiger partial charge < -0.3 is 9.47 Å². The van der Waals surface area contributed by atoms with Crippen LogP contribution in [-0.2, 0) is 11.4 Å². The Morgan fingerprint density at radius 3 is 2.26 bits per heavy atom. The summed E-state index contributed by atoms with van der Waals surface area (Å²) >= 11 is 3.29. The molecule has 1 N–H and O–H groups in total. The number of ether oxygens (including phenoxy) is 2. The van der Waals surface area contributed by atoms with Crippen LogP contribution in [-0.4, -0.2) is 27.0 Å². The standard InChI is InChI=1S/C11H13BrF3NO3/c1-17-9-3-7(8(12)4-10(9)18-2)5-16-19-6-11(13,14)15/h3-4,16H,5-6H2,1-2H3. The number of hydroxylamine groups is 1. The fraction of sp³-hybridized carbons (Fsp3) is 0.455. The molecule has 0 saturated heterocycles. The monoisotopic (exact) mass is 343 g/mol. The molecule has 0 aromatic heterocycles. The van der Waals surface area contributed by atoms with Crippen molar-refractivity contribution in [1.82, 2.24) is 5.48 Å². The van der Waals surface area contributed by atoms with Crippen LogP contribution in [0.15, 0.2) is 16.6 Å². The summed E-state index contributed by atoms with van der Waals surface area (Å²) in [5, 5.41) is 0. The van der Waals surface area contributed by atoms with E-state index in [1.54, 1.807) is 12.1 Å². The SMILES string of the molecule is COc1cc(Br)c(CNOCC(F)(F)F)cc1OC. The van der Waals surface area contributed by atoms with Crippen LogP contribution in [0.5, 0.6) is 11.5 Å². The quantitative estimate of drug-likeness (QED) is 0.636. The number of methoxy groups -OCH3 is 2. The van der Waals surface area contributed by atoms with Crippen molar-refractivity contribution in [3.63, 3.8) is 0 Å². The van der Waals surface area contributed by atoms with Crippen molar-refractivity contribution in [1.29, 1.82) is 0 Å². The van der Waals surface area contributed by atoms with Gasteiger partial charge in [0.15, 0.2) is 18.1 Å². The lowest BCUT2D eigenvalue weighted by Crippen LogP contribution is -2.24. The summed E-state index contributed by atoms with van der Waals surface area (Å²) in [4.78, 5) is 4.32. The zero-order valence-corrected chi connectivity index (χ0v) is 11.9. The summed E-state index contributed by atoms with van der Waals surface area (Å²) < 4.78 is 46.5. The van der Waals surface area contributed by atoms with Crippen LogP contribution in [0.3, 0.4) is 0 Å². The Morgan fingerprint density at radius 1 is 1.16 bits per heavy atom. The van der Waals surface area contributed by atoms with Crippen LogP contribution >= 0.6 is 15.9 Å². The van der Waals surface area contributed by atoms with Gasteiger partial charge in [0.1, 0.15) is 0 Å². The van der Waals surface area contributed by atoms with Gasteiger partial charge >= 0.3 is 6.18 Å². The van der Waals surface area contributed by atoms with Crippen molar-refractivity contribution < 1.29 is 27.5 Å². The maximum Gasteiger partial charge on any atom is 0.413 e. The Bertz CT molecular complexity index is 426. The van der Waals surface area contributed by atoms with E-state index < -0.39 is 12.8 Å². The number of benzene rings is 1. The largest absolute Gasteiger partial charge is 0.493 e. The van der Waals surface area contributed by atoms with E-state index in [-0.39, 0.29) is 6.54 Å². The first-order valence-corrected chi connectivity index (χ1v) is 5.98. The van der Waals surface area contributed by atoms with Crippen LogP contribution in [0.25, 0.3) is 0 Å². The molecule has 0 aliphatic carbocycles. The number of rotatable bonds is 6. The average Bonchev–Trinajstić information content (AvgIpc) is 2.34. The van der Waals surface area contributed by atoms with E-state index in [0.717, 1.165) is 0 Å². The predicted molar refractivity (Wildman–Crippen MR) is 66.1 cm³/mol. The predicted octanol–water partition coefficient (Wildman–Crippen LogP) is 3.05. The van der Waals surface area contributed by atoms with Crippen molar-refractivity contribution in [3.8, 4) is 11.5 Å². The molecular weight excluding hydrogens is 331 g/mol. The lowest BCUT2D eigenvalue weighted by atomic mass is 10.2. The fourth-order valence-electron chi connectivity index (χ4n) is 1.29. The fourth-order valence-corrected chi connectivity index (χ4v) is 1.76. The molecule has 0 aliphatic heterocycles. The van der Waals surface area contributed by atoms with Gasteiger partial charge in [-0.15, -0.1) is 0 Å². The number of halogens is 4. The number of hydrogen-bond donors (Lipinski definition) is 1.